The van der Waals surface area contributed by atoms with Crippen molar-refractivity contribution >= 4 is 11.8 Å². The fourth-order valence-corrected chi connectivity index (χ4v) is 4.01. The fourth-order valence-electron chi connectivity index (χ4n) is 4.01. The van der Waals surface area contributed by atoms with E-state index in [-0.39, 0.29) is 24.3 Å². The largest absolute Gasteiger partial charge is 0.352 e. The summed E-state index contributed by atoms with van der Waals surface area (Å²) in [7, 11) is 0. The molecule has 0 bridgehead atoms. The van der Waals surface area contributed by atoms with Gasteiger partial charge in [0, 0.05) is 19.0 Å². The summed E-state index contributed by atoms with van der Waals surface area (Å²) in [6.07, 6.45) is 0.719. The summed E-state index contributed by atoms with van der Waals surface area (Å²) in [5, 5.41) is 3.04. The van der Waals surface area contributed by atoms with E-state index in [2.05, 4.69) is 31.3 Å². The maximum Gasteiger partial charge on any atom is 0.243 e. The van der Waals surface area contributed by atoms with Crippen LogP contribution in [-0.4, -0.2) is 28.8 Å². The molecular weight excluding hydrogens is 420 g/mol. The lowest BCUT2D eigenvalue weighted by molar-refractivity contribution is -0.141. The first-order valence-electron chi connectivity index (χ1n) is 12.0. The molecule has 1 N–H and O–H groups in total. The number of hydrogen-bond donors (Lipinski definition) is 1. The molecule has 0 heterocycles. The maximum absolute atomic E-state index is 13.7. The monoisotopic (exact) mass is 456 g/mol. The average Bonchev–Trinajstić information content (AvgIpc) is 2.80. The number of benzene rings is 3. The van der Waals surface area contributed by atoms with Gasteiger partial charge in [-0.3, -0.25) is 9.59 Å². The molecule has 0 spiro atoms. The zero-order valence-electron chi connectivity index (χ0n) is 21.0. The zero-order chi connectivity index (χ0) is 24.7. The van der Waals surface area contributed by atoms with E-state index in [0.717, 1.165) is 27.8 Å². The van der Waals surface area contributed by atoms with Crippen molar-refractivity contribution in [3.63, 3.8) is 0 Å². The Morgan fingerprint density at radius 2 is 1.44 bits per heavy atom. The highest BCUT2D eigenvalue weighted by atomic mass is 16.2. The van der Waals surface area contributed by atoms with Crippen LogP contribution in [0.15, 0.2) is 72.8 Å². The van der Waals surface area contributed by atoms with Crippen molar-refractivity contribution < 1.29 is 9.59 Å². The minimum atomic E-state index is -0.606. The quantitative estimate of drug-likeness (QED) is 0.474. The Balaban J connectivity index is 1.97. The molecule has 0 radical (unpaired) electrons. The molecule has 0 aliphatic rings. The summed E-state index contributed by atoms with van der Waals surface area (Å²) in [5.41, 5.74) is 6.52. The predicted octanol–water partition coefficient (Wildman–Crippen LogP) is 5.32. The Morgan fingerprint density at radius 3 is 2.06 bits per heavy atom. The molecule has 0 aliphatic heterocycles. The molecule has 0 aliphatic carbocycles. The van der Waals surface area contributed by atoms with Crippen molar-refractivity contribution in [1.29, 1.82) is 0 Å². The van der Waals surface area contributed by atoms with Crippen LogP contribution in [0.3, 0.4) is 0 Å². The van der Waals surface area contributed by atoms with E-state index < -0.39 is 6.04 Å². The lowest BCUT2D eigenvalue weighted by Crippen LogP contribution is -2.52. The molecule has 2 amide bonds. The van der Waals surface area contributed by atoms with Crippen molar-refractivity contribution in [1.82, 2.24) is 10.2 Å². The normalized spacial score (nSPS) is 11.8. The lowest BCUT2D eigenvalue weighted by atomic mass is 10.00. The molecule has 0 fully saturated rings. The van der Waals surface area contributed by atoms with E-state index in [1.54, 1.807) is 4.90 Å². The van der Waals surface area contributed by atoms with Gasteiger partial charge in [-0.25, -0.2) is 0 Å². The second-order valence-electron chi connectivity index (χ2n) is 9.47. The van der Waals surface area contributed by atoms with Crippen LogP contribution >= 0.6 is 0 Å². The molecule has 3 aromatic carbocycles. The minimum absolute atomic E-state index is 0.0122. The molecule has 3 aromatic rings. The van der Waals surface area contributed by atoms with Crippen LogP contribution in [0.25, 0.3) is 0 Å². The van der Waals surface area contributed by atoms with Gasteiger partial charge in [0.15, 0.2) is 0 Å². The molecule has 34 heavy (non-hydrogen) atoms. The van der Waals surface area contributed by atoms with Gasteiger partial charge in [-0.05, 0) is 62.4 Å². The second-order valence-corrected chi connectivity index (χ2v) is 9.47. The Labute approximate surface area is 204 Å². The first-order chi connectivity index (χ1) is 16.2. The van der Waals surface area contributed by atoms with Gasteiger partial charge in [0.2, 0.25) is 11.8 Å². The molecular formula is C30H36N2O2. The highest BCUT2D eigenvalue weighted by Gasteiger charge is 2.30. The van der Waals surface area contributed by atoms with Crippen LogP contribution in [0, 0.1) is 20.8 Å². The first-order valence-corrected chi connectivity index (χ1v) is 12.0. The number of carbonyl (C=O) groups is 2. The van der Waals surface area contributed by atoms with E-state index in [4.69, 9.17) is 0 Å². The first kappa shape index (κ1) is 25.2. The number of amides is 2. The van der Waals surface area contributed by atoms with Crippen molar-refractivity contribution in [2.75, 3.05) is 0 Å². The van der Waals surface area contributed by atoms with Crippen LogP contribution in [0.5, 0.6) is 0 Å². The third-order valence-corrected chi connectivity index (χ3v) is 6.10. The summed E-state index contributed by atoms with van der Waals surface area (Å²) in [4.78, 5) is 28.9. The Bertz CT molecular complexity index is 1100. The van der Waals surface area contributed by atoms with Crippen molar-refractivity contribution in [3.05, 3.63) is 106 Å². The van der Waals surface area contributed by atoms with Gasteiger partial charge in [-0.1, -0.05) is 78.4 Å². The highest BCUT2D eigenvalue weighted by Crippen LogP contribution is 2.18. The van der Waals surface area contributed by atoms with Crippen LogP contribution in [-0.2, 0) is 29.0 Å². The average molecular weight is 457 g/mol. The van der Waals surface area contributed by atoms with Crippen LogP contribution in [0.4, 0.5) is 0 Å². The molecule has 3 rings (SSSR count). The molecule has 0 unspecified atom stereocenters. The zero-order valence-corrected chi connectivity index (χ0v) is 21.0. The molecule has 178 valence electrons. The maximum atomic E-state index is 13.7. The number of nitrogens with zero attached hydrogens (tertiary/aromatic N) is 1. The van der Waals surface area contributed by atoms with Crippen molar-refractivity contribution in [2.24, 2.45) is 0 Å². The standard InChI is InChI=1S/C30H36N2O2/c1-21(2)31-30(34)28(18-25-9-7-6-8-10-25)32(20-26-14-11-22(3)12-15-26)29(33)19-27-16-13-23(4)24(5)17-27/h6-17,21,28H,18-20H2,1-5H3,(H,31,34)/t28-/m0/s1. The SMILES string of the molecule is Cc1ccc(CN(C(=O)Cc2ccc(C)c(C)c2)[C@@H](Cc2ccccc2)C(=O)NC(C)C)cc1. The molecule has 0 saturated carbocycles. The fraction of sp³-hybridized carbons (Fsp3) is 0.333. The van der Waals surface area contributed by atoms with E-state index >= 15 is 0 Å². The third-order valence-electron chi connectivity index (χ3n) is 6.10. The van der Waals surface area contributed by atoms with Gasteiger partial charge in [-0.15, -0.1) is 0 Å². The van der Waals surface area contributed by atoms with Crippen molar-refractivity contribution in [3.8, 4) is 0 Å². The minimum Gasteiger partial charge on any atom is -0.352 e. The van der Waals surface area contributed by atoms with Gasteiger partial charge in [0.1, 0.15) is 6.04 Å². The molecule has 0 saturated heterocycles. The number of hydrogen-bond acceptors (Lipinski definition) is 2. The van der Waals surface area contributed by atoms with Crippen LogP contribution in [0.2, 0.25) is 0 Å². The third kappa shape index (κ3) is 7.05. The number of aryl methyl sites for hydroxylation is 3. The number of nitrogens with one attached hydrogen (secondary N) is 1. The topological polar surface area (TPSA) is 49.4 Å². The van der Waals surface area contributed by atoms with Gasteiger partial charge in [0.05, 0.1) is 6.42 Å². The smallest absolute Gasteiger partial charge is 0.243 e. The molecule has 4 nitrogen and oxygen atoms in total. The Hall–Kier alpha value is -3.40. The van der Waals surface area contributed by atoms with Gasteiger partial charge < -0.3 is 10.2 Å². The van der Waals surface area contributed by atoms with E-state index in [9.17, 15) is 9.59 Å². The summed E-state index contributed by atoms with van der Waals surface area (Å²) in [6.45, 7) is 10.4. The Kier molecular flexibility index (Phi) is 8.64. The molecule has 0 aromatic heterocycles. The molecule has 1 atom stereocenters. The van der Waals surface area contributed by atoms with Crippen LogP contribution in [0.1, 0.15) is 47.2 Å². The van der Waals surface area contributed by atoms with Crippen LogP contribution < -0.4 is 5.32 Å². The summed E-state index contributed by atoms with van der Waals surface area (Å²) < 4.78 is 0. The molecule has 4 heteroatoms. The van der Waals surface area contributed by atoms with Gasteiger partial charge in [0.25, 0.3) is 0 Å². The lowest BCUT2D eigenvalue weighted by Gasteiger charge is -2.32. The predicted molar refractivity (Wildman–Crippen MR) is 139 cm³/mol. The van der Waals surface area contributed by atoms with E-state index in [1.807, 2.05) is 81.4 Å². The second kappa shape index (κ2) is 11.6. The highest BCUT2D eigenvalue weighted by molar-refractivity contribution is 5.89. The van der Waals surface area contributed by atoms with Gasteiger partial charge >= 0.3 is 0 Å². The van der Waals surface area contributed by atoms with E-state index in [1.165, 1.54) is 5.56 Å². The summed E-state index contributed by atoms with van der Waals surface area (Å²) in [6, 6.07) is 23.6. The number of rotatable bonds is 9. The van der Waals surface area contributed by atoms with E-state index in [0.29, 0.717) is 13.0 Å². The summed E-state index contributed by atoms with van der Waals surface area (Å²) >= 11 is 0. The Morgan fingerprint density at radius 1 is 0.794 bits per heavy atom. The van der Waals surface area contributed by atoms with Crippen molar-refractivity contribution in [2.45, 2.75) is 66.1 Å². The van der Waals surface area contributed by atoms with Gasteiger partial charge in [-0.2, -0.15) is 0 Å². The number of carbonyl (C=O) groups excluding carboxylic acids is 2. The summed E-state index contributed by atoms with van der Waals surface area (Å²) in [5.74, 6) is -0.178.